The van der Waals surface area contributed by atoms with E-state index in [0.29, 0.717) is 5.75 Å². The summed E-state index contributed by atoms with van der Waals surface area (Å²) in [6, 6.07) is 5.78. The largest absolute Gasteiger partial charge is 0.508 e. The molecule has 0 aromatic heterocycles. The molecule has 1 atom stereocenters. The smallest absolute Gasteiger partial charge is 0.116 e. The van der Waals surface area contributed by atoms with Gasteiger partial charge < -0.3 is 5.11 Å². The van der Waals surface area contributed by atoms with E-state index in [1.54, 1.807) is 0 Å². The molecule has 3 rings (SSSR count). The Balaban J connectivity index is 1.78. The molecule has 17 heavy (non-hydrogen) atoms. The Morgan fingerprint density at radius 1 is 1.06 bits per heavy atom. The van der Waals surface area contributed by atoms with Crippen LogP contribution in [0.5, 0.6) is 5.75 Å². The molecule has 1 nitrogen and oxygen atoms in total. The number of phenolic OH excluding ortho intramolecular Hbond substituents is 1. The molecule has 0 saturated heterocycles. The van der Waals surface area contributed by atoms with Crippen LogP contribution in [0, 0.1) is 11.8 Å². The number of hydrogen-bond acceptors (Lipinski definition) is 1. The van der Waals surface area contributed by atoms with Crippen LogP contribution >= 0.6 is 0 Å². The van der Waals surface area contributed by atoms with E-state index in [9.17, 15) is 5.11 Å². The van der Waals surface area contributed by atoms with Crippen LogP contribution in [-0.4, -0.2) is 5.11 Å². The van der Waals surface area contributed by atoms with Crippen LogP contribution in [0.2, 0.25) is 0 Å². The number of benzene rings is 1. The first-order valence-corrected chi connectivity index (χ1v) is 6.83. The zero-order chi connectivity index (χ0) is 11.7. The highest BCUT2D eigenvalue weighted by atomic mass is 16.3. The van der Waals surface area contributed by atoms with E-state index in [-0.39, 0.29) is 0 Å². The maximum absolute atomic E-state index is 9.47. The maximum Gasteiger partial charge on any atom is 0.116 e. The molecule has 0 aliphatic heterocycles. The molecule has 1 fully saturated rings. The molecule has 1 aromatic carbocycles. The summed E-state index contributed by atoms with van der Waals surface area (Å²) in [5.74, 6) is 2.00. The first-order valence-electron chi connectivity index (χ1n) is 6.83. The summed E-state index contributed by atoms with van der Waals surface area (Å²) in [5.41, 5.74) is 2.61. The van der Waals surface area contributed by atoms with E-state index in [2.05, 4.69) is 18.2 Å². The predicted molar refractivity (Wildman–Crippen MR) is 70.9 cm³/mol. The summed E-state index contributed by atoms with van der Waals surface area (Å²) in [6.45, 7) is 0. The maximum atomic E-state index is 9.47. The van der Waals surface area contributed by atoms with Gasteiger partial charge in [-0.05, 0) is 54.4 Å². The Labute approximate surface area is 103 Å². The summed E-state index contributed by atoms with van der Waals surface area (Å²) in [7, 11) is 0. The molecule has 0 radical (unpaired) electrons. The number of phenols is 1. The van der Waals surface area contributed by atoms with Crippen LogP contribution in [0.1, 0.15) is 43.2 Å². The van der Waals surface area contributed by atoms with E-state index in [1.165, 1.54) is 43.2 Å². The van der Waals surface area contributed by atoms with Crippen molar-refractivity contribution in [2.45, 2.75) is 38.5 Å². The number of aromatic hydroxyl groups is 1. The van der Waals surface area contributed by atoms with Gasteiger partial charge in [0.05, 0.1) is 0 Å². The van der Waals surface area contributed by atoms with Gasteiger partial charge in [0.2, 0.25) is 0 Å². The van der Waals surface area contributed by atoms with Crippen LogP contribution in [0.25, 0.3) is 6.08 Å². The minimum absolute atomic E-state index is 0.379. The highest BCUT2D eigenvalue weighted by Crippen LogP contribution is 2.36. The van der Waals surface area contributed by atoms with E-state index >= 15 is 0 Å². The molecule has 2 aliphatic carbocycles. The van der Waals surface area contributed by atoms with Gasteiger partial charge in [0.25, 0.3) is 0 Å². The summed E-state index contributed by atoms with van der Waals surface area (Å²) in [5, 5.41) is 9.47. The van der Waals surface area contributed by atoms with Gasteiger partial charge in [-0.15, -0.1) is 0 Å². The number of fused-ring (bicyclic) bond motifs is 1. The fourth-order valence-electron chi connectivity index (χ4n) is 3.36. The van der Waals surface area contributed by atoms with Gasteiger partial charge in [-0.3, -0.25) is 0 Å². The second-order valence-corrected chi connectivity index (χ2v) is 5.51. The summed E-state index contributed by atoms with van der Waals surface area (Å²) >= 11 is 0. The highest BCUT2D eigenvalue weighted by Gasteiger charge is 2.24. The topological polar surface area (TPSA) is 20.2 Å². The first kappa shape index (κ1) is 10.9. The van der Waals surface area contributed by atoms with Crippen LogP contribution in [0.15, 0.2) is 24.3 Å². The highest BCUT2D eigenvalue weighted by molar-refractivity contribution is 5.58. The average molecular weight is 228 g/mol. The van der Waals surface area contributed by atoms with E-state index in [0.717, 1.165) is 18.3 Å². The lowest BCUT2D eigenvalue weighted by atomic mass is 9.75. The minimum atomic E-state index is 0.379. The monoisotopic (exact) mass is 228 g/mol. The normalized spacial score (nSPS) is 24.6. The Bertz CT molecular complexity index is 427. The number of allylic oxidation sites excluding steroid dienone is 1. The van der Waals surface area contributed by atoms with Crippen molar-refractivity contribution >= 4 is 6.08 Å². The van der Waals surface area contributed by atoms with Gasteiger partial charge >= 0.3 is 0 Å². The van der Waals surface area contributed by atoms with Gasteiger partial charge in [0.1, 0.15) is 5.75 Å². The van der Waals surface area contributed by atoms with Crippen LogP contribution in [0.3, 0.4) is 0 Å². The van der Waals surface area contributed by atoms with Gasteiger partial charge in [-0.2, -0.15) is 0 Å². The zero-order valence-electron chi connectivity index (χ0n) is 10.2. The van der Waals surface area contributed by atoms with Crippen molar-refractivity contribution in [1.29, 1.82) is 0 Å². The van der Waals surface area contributed by atoms with Crippen LogP contribution in [0.4, 0.5) is 0 Å². The fraction of sp³-hybridized carbons (Fsp3) is 0.500. The number of rotatable bonds is 1. The van der Waals surface area contributed by atoms with Crippen molar-refractivity contribution in [3.05, 3.63) is 35.4 Å². The summed E-state index contributed by atoms with van der Waals surface area (Å²) < 4.78 is 0. The molecule has 1 heteroatoms. The van der Waals surface area contributed by atoms with Crippen molar-refractivity contribution in [2.24, 2.45) is 11.8 Å². The van der Waals surface area contributed by atoms with Crippen LogP contribution in [-0.2, 0) is 6.42 Å². The average Bonchev–Trinajstić information content (AvgIpc) is 2.39. The minimum Gasteiger partial charge on any atom is -0.508 e. The lowest BCUT2D eigenvalue weighted by molar-refractivity contribution is 0.284. The molecule has 90 valence electrons. The Morgan fingerprint density at radius 3 is 2.71 bits per heavy atom. The molecule has 0 spiro atoms. The molecular weight excluding hydrogens is 208 g/mol. The second-order valence-electron chi connectivity index (χ2n) is 5.51. The van der Waals surface area contributed by atoms with Gasteiger partial charge in [0, 0.05) is 0 Å². The summed E-state index contributed by atoms with van der Waals surface area (Å²) in [4.78, 5) is 0. The third-order valence-electron chi connectivity index (χ3n) is 4.36. The third kappa shape index (κ3) is 2.24. The van der Waals surface area contributed by atoms with Crippen molar-refractivity contribution in [3.63, 3.8) is 0 Å². The Kier molecular flexibility index (Phi) is 2.92. The summed E-state index contributed by atoms with van der Waals surface area (Å²) in [6.07, 6.45) is 12.8. The second kappa shape index (κ2) is 4.56. The Hall–Kier alpha value is -1.24. The van der Waals surface area contributed by atoms with Crippen molar-refractivity contribution in [1.82, 2.24) is 0 Å². The lowest BCUT2D eigenvalue weighted by Crippen LogP contribution is -2.20. The molecule has 2 aliphatic rings. The molecule has 0 heterocycles. The molecule has 1 aromatic rings. The van der Waals surface area contributed by atoms with Gasteiger partial charge in [-0.1, -0.05) is 37.5 Å². The molecule has 0 bridgehead atoms. The van der Waals surface area contributed by atoms with Gasteiger partial charge in [-0.25, -0.2) is 0 Å². The van der Waals surface area contributed by atoms with E-state index < -0.39 is 0 Å². The quantitative estimate of drug-likeness (QED) is 0.765. The third-order valence-corrected chi connectivity index (χ3v) is 4.36. The molecular formula is C16H20O. The lowest BCUT2D eigenvalue weighted by Gasteiger charge is -2.30. The predicted octanol–water partition coefficient (Wildman–Crippen LogP) is 4.16. The van der Waals surface area contributed by atoms with Gasteiger partial charge in [0.15, 0.2) is 0 Å². The molecule has 1 saturated carbocycles. The van der Waals surface area contributed by atoms with Crippen molar-refractivity contribution in [2.75, 3.05) is 0 Å². The van der Waals surface area contributed by atoms with E-state index in [1.807, 2.05) is 12.1 Å². The standard InChI is InChI=1S/C16H20O/c17-16-9-8-14-10-13(6-7-15(14)11-16)12-4-2-1-3-5-12/h6-9,11-13,17H,1-5,10H2. The number of hydrogen-bond donors (Lipinski definition) is 1. The first-order chi connectivity index (χ1) is 8.33. The van der Waals surface area contributed by atoms with Crippen LogP contribution < -0.4 is 0 Å². The zero-order valence-corrected chi connectivity index (χ0v) is 10.2. The molecule has 1 unspecified atom stereocenters. The Morgan fingerprint density at radius 2 is 1.88 bits per heavy atom. The van der Waals surface area contributed by atoms with Crippen molar-refractivity contribution < 1.29 is 5.11 Å². The molecule has 0 amide bonds. The molecule has 1 N–H and O–H groups in total. The van der Waals surface area contributed by atoms with E-state index in [4.69, 9.17) is 0 Å². The SMILES string of the molecule is Oc1ccc2c(c1)C=CC(C1CCCCC1)C2. The van der Waals surface area contributed by atoms with Crippen molar-refractivity contribution in [3.8, 4) is 5.75 Å². The fourth-order valence-corrected chi connectivity index (χ4v) is 3.36.